The van der Waals surface area contributed by atoms with E-state index in [9.17, 15) is 24.3 Å². The molecule has 0 radical (unpaired) electrons. The van der Waals surface area contributed by atoms with Crippen molar-refractivity contribution in [2.75, 3.05) is 26.4 Å². The van der Waals surface area contributed by atoms with Crippen molar-refractivity contribution in [1.82, 2.24) is 14.5 Å². The van der Waals surface area contributed by atoms with Crippen LogP contribution in [0.15, 0.2) is 47.7 Å². The molecule has 7 rings (SSSR count). The molecule has 0 aliphatic carbocycles. The van der Waals surface area contributed by atoms with Crippen molar-refractivity contribution < 1.29 is 68.5 Å². The molecule has 4 aliphatic heterocycles. The molecule has 0 saturated carbocycles. The number of carbonyl (C=O) groups is 1. The van der Waals surface area contributed by atoms with Gasteiger partial charge in [0.15, 0.2) is 29.6 Å². The maximum absolute atomic E-state index is 15.7. The number of phosphoric acid groups is 1. The second-order valence-electron chi connectivity index (χ2n) is 17.4. The maximum atomic E-state index is 15.7. The van der Waals surface area contributed by atoms with Crippen molar-refractivity contribution in [3.05, 3.63) is 64.6 Å². The van der Waals surface area contributed by atoms with Crippen LogP contribution in [0.5, 0.6) is 0 Å². The Balaban J connectivity index is 1.31. The van der Waals surface area contributed by atoms with E-state index in [0.29, 0.717) is 0 Å². The van der Waals surface area contributed by atoms with Crippen molar-refractivity contribution in [3.8, 4) is 6.07 Å². The lowest BCUT2D eigenvalue weighted by Gasteiger charge is -2.51. The number of H-pyrrole nitrogens is 1. The highest BCUT2D eigenvalue weighted by Gasteiger charge is 2.67. The Morgan fingerprint density at radius 1 is 1.10 bits per heavy atom. The molecule has 3 aromatic rings. The minimum absolute atomic E-state index is 0.0248. The van der Waals surface area contributed by atoms with Crippen LogP contribution in [0.3, 0.4) is 0 Å². The van der Waals surface area contributed by atoms with Gasteiger partial charge >= 0.3 is 33.2 Å². The monoisotopic (exact) mass is 956 g/mol. The second kappa shape index (κ2) is 18.8. The van der Waals surface area contributed by atoms with Crippen molar-refractivity contribution in [3.63, 3.8) is 0 Å². The van der Waals surface area contributed by atoms with Crippen LogP contribution in [0.1, 0.15) is 78.4 Å². The van der Waals surface area contributed by atoms with E-state index in [4.69, 9.17) is 45.3 Å². The van der Waals surface area contributed by atoms with Gasteiger partial charge in [0.25, 0.3) is 5.56 Å². The number of ketones is 1. The summed E-state index contributed by atoms with van der Waals surface area (Å²) in [6.45, 7) is 14.7. The molecule has 24 heteroatoms. The van der Waals surface area contributed by atoms with Crippen LogP contribution in [0.25, 0.3) is 11.0 Å². The second-order valence-corrected chi connectivity index (χ2v) is 28.6. The van der Waals surface area contributed by atoms with Crippen LogP contribution in [0.4, 0.5) is 4.39 Å². The van der Waals surface area contributed by atoms with Gasteiger partial charge in [-0.15, -0.1) is 0 Å². The molecule has 2 N–H and O–H groups in total. The van der Waals surface area contributed by atoms with Crippen LogP contribution >= 0.6 is 16.1 Å². The molecule has 10 atom stereocenters. The Labute approximate surface area is 366 Å². The number of halogens is 1. The largest absolute Gasteiger partial charge is 0.475 e. The quantitative estimate of drug-likeness (QED) is 0.0649. The van der Waals surface area contributed by atoms with E-state index >= 15 is 8.96 Å². The molecule has 2 unspecified atom stereocenters. The Morgan fingerprint density at radius 3 is 2.41 bits per heavy atom. The summed E-state index contributed by atoms with van der Waals surface area (Å²) < 4.78 is 109. The smallest absolute Gasteiger partial charge is 0.414 e. The van der Waals surface area contributed by atoms with Gasteiger partial charge in [-0.25, -0.2) is 13.9 Å². The third-order valence-corrected chi connectivity index (χ3v) is 24.3. The molecule has 1 aromatic carbocycles. The van der Waals surface area contributed by atoms with Gasteiger partial charge in [0, 0.05) is 11.8 Å². The summed E-state index contributed by atoms with van der Waals surface area (Å²) in [6.07, 6.45) is -6.95. The summed E-state index contributed by atoms with van der Waals surface area (Å²) in [5, 5.41) is 9.10. The number of aromatic nitrogens is 3. The van der Waals surface area contributed by atoms with Crippen LogP contribution in [0, 0.1) is 17.1 Å². The zero-order valence-electron chi connectivity index (χ0n) is 36.3. The molecular formula is C39H55FN4O15P2Si2. The van der Waals surface area contributed by atoms with Gasteiger partial charge < -0.3 is 46.1 Å². The molecule has 4 aliphatic rings. The molecule has 0 spiro atoms. The van der Waals surface area contributed by atoms with E-state index in [-0.39, 0.29) is 58.4 Å². The van der Waals surface area contributed by atoms with Gasteiger partial charge in [-0.05, 0) is 22.2 Å². The number of hydrogen-bond acceptors (Lipinski definition) is 16. The minimum atomic E-state index is -4.98. The number of Topliss-reactive ketones (excluding diaryl/α,β-unsaturated/α-hetero) is 1. The first-order valence-corrected chi connectivity index (χ1v) is 27.6. The summed E-state index contributed by atoms with van der Waals surface area (Å²) in [7, 11) is -15.2. The van der Waals surface area contributed by atoms with E-state index in [2.05, 4.69) is 37.7 Å². The first kappa shape index (κ1) is 48.1. The summed E-state index contributed by atoms with van der Waals surface area (Å²) in [6, 6.07) is 10.1. The standard InChI is InChI=1S/C39H55FN4O15P2Si2/c1-22(2)62(23(3)4)53-18-28-31(58-63(59-62,24(5)6)25(7)8)34(38(54-28)44-17-27(40)29-36(44)42-21-43-37(29)46)57-61(49,51-16-12-15-41)52-20-39-19-50-33(35(39)56-60(47)48)32(55-39)30(45)26-13-10-9-11-14-26/h9-11,13-14,17,21-25,28,31-35,38,60H,12,16,18-20H2,1-8H3,(H,47,48)(H,42,43,46)/t28-,31-,32+,33+,34-,35+,38-,39-,61?/m1/s1. The number of phosphoric ester groups is 1. The van der Waals surface area contributed by atoms with Gasteiger partial charge in [0.05, 0.1) is 45.2 Å². The van der Waals surface area contributed by atoms with Crippen LogP contribution in [-0.4, -0.2) is 111 Å². The highest BCUT2D eigenvalue weighted by Crippen LogP contribution is 2.58. The van der Waals surface area contributed by atoms with Crippen molar-refractivity contribution >= 4 is 50.0 Å². The SMILES string of the molecule is CC(C)[Si]1(C(C)C)OC[C@H]2O[C@@H](n3cc(F)c4c(=O)[nH]cnc43)[C@H](OP(=O)(OCCC#N)OC[C@@]34CO[C@@H]([C@H](C(=O)c5ccccc5)O3)[C@@H]4O[PH](=O)O)[C@@H]2O[Si](C(C)C)(C(C)C)O1. The zero-order valence-corrected chi connectivity index (χ0v) is 40.2. The molecule has 6 heterocycles. The lowest BCUT2D eigenvalue weighted by atomic mass is 9.97. The molecule has 2 aromatic heterocycles. The number of nitrogens with one attached hydrogen (secondary N) is 1. The van der Waals surface area contributed by atoms with E-state index < -0.39 is 112 Å². The zero-order chi connectivity index (χ0) is 45.6. The highest BCUT2D eigenvalue weighted by molar-refractivity contribution is 7.48. The number of fused-ring (bicyclic) bond motifs is 4. The lowest BCUT2D eigenvalue weighted by Crippen LogP contribution is -2.65. The molecular weight excluding hydrogens is 902 g/mol. The fraction of sp³-hybridized carbons (Fsp3) is 0.641. The van der Waals surface area contributed by atoms with Gasteiger partial charge in [-0.2, -0.15) is 5.26 Å². The predicted octanol–water partition coefficient (Wildman–Crippen LogP) is 6.34. The fourth-order valence-electron chi connectivity index (χ4n) is 9.12. The Kier molecular flexibility index (Phi) is 14.4. The minimum Gasteiger partial charge on any atom is -0.414 e. The highest BCUT2D eigenvalue weighted by atomic mass is 31.2. The maximum Gasteiger partial charge on any atom is 0.475 e. The molecule has 0 amide bonds. The number of carbonyl (C=O) groups excluding carboxylic acids is 1. The number of ether oxygens (including phenoxy) is 3. The summed E-state index contributed by atoms with van der Waals surface area (Å²) in [4.78, 5) is 43.2. The Hall–Kier alpha value is -2.82. The van der Waals surface area contributed by atoms with Crippen molar-refractivity contribution in [2.24, 2.45) is 0 Å². The van der Waals surface area contributed by atoms with E-state index in [1.807, 2.05) is 33.8 Å². The number of aromatic amines is 1. The van der Waals surface area contributed by atoms with Gasteiger partial charge in [0.2, 0.25) is 0 Å². The molecule has 2 bridgehead atoms. The topological polar surface area (TPSA) is 238 Å². The summed E-state index contributed by atoms with van der Waals surface area (Å²) in [5.74, 6) is -1.41. The average Bonchev–Trinajstić information content (AvgIpc) is 3.94. The van der Waals surface area contributed by atoms with Crippen LogP contribution in [0.2, 0.25) is 22.2 Å². The van der Waals surface area contributed by atoms with E-state index in [0.717, 1.165) is 12.5 Å². The Bertz CT molecular complexity index is 2300. The number of nitrogens with zero attached hydrogens (tertiary/aromatic N) is 3. The first-order valence-electron chi connectivity index (χ1n) is 21.0. The normalized spacial score (nSPS) is 30.4. The number of benzene rings is 1. The molecule has 346 valence electrons. The van der Waals surface area contributed by atoms with E-state index in [1.54, 1.807) is 30.3 Å². The third-order valence-electron chi connectivity index (χ3n) is 12.2. The van der Waals surface area contributed by atoms with Gasteiger partial charge in [-0.3, -0.25) is 27.7 Å². The molecule has 4 saturated heterocycles. The molecule has 19 nitrogen and oxygen atoms in total. The van der Waals surface area contributed by atoms with Crippen LogP contribution < -0.4 is 5.56 Å². The Morgan fingerprint density at radius 2 is 1.78 bits per heavy atom. The first-order chi connectivity index (χ1) is 29.8. The average molecular weight is 957 g/mol. The van der Waals surface area contributed by atoms with Crippen molar-refractivity contribution in [2.45, 2.75) is 132 Å². The number of hydrogen-bond donors (Lipinski definition) is 2. The predicted molar refractivity (Wildman–Crippen MR) is 227 cm³/mol. The van der Waals surface area contributed by atoms with Crippen LogP contribution in [-0.2, 0) is 54.4 Å². The molecule has 63 heavy (non-hydrogen) atoms. The van der Waals surface area contributed by atoms with Gasteiger partial charge in [-0.1, -0.05) is 85.7 Å². The van der Waals surface area contributed by atoms with Gasteiger partial charge in [0.1, 0.15) is 41.5 Å². The van der Waals surface area contributed by atoms with Crippen molar-refractivity contribution in [1.29, 1.82) is 5.26 Å². The number of rotatable bonds is 17. The fourth-order valence-corrected chi connectivity index (χ4v) is 22.3. The third kappa shape index (κ3) is 8.93. The van der Waals surface area contributed by atoms with E-state index in [1.165, 1.54) is 4.57 Å². The molecule has 4 fully saturated rings. The number of nitriles is 1. The lowest BCUT2D eigenvalue weighted by molar-refractivity contribution is -0.146. The summed E-state index contributed by atoms with van der Waals surface area (Å²) >= 11 is 0. The summed E-state index contributed by atoms with van der Waals surface area (Å²) in [5.41, 5.74) is -2.78.